The van der Waals surface area contributed by atoms with Crippen molar-refractivity contribution < 1.29 is 13.9 Å². The predicted molar refractivity (Wildman–Crippen MR) is 123 cm³/mol. The van der Waals surface area contributed by atoms with Crippen LogP contribution in [0.4, 0.5) is 11.4 Å². The summed E-state index contributed by atoms with van der Waals surface area (Å²) < 4.78 is 17.0. The monoisotopic (exact) mass is 419 g/mol. The van der Waals surface area contributed by atoms with Crippen LogP contribution in [0.5, 0.6) is 11.5 Å². The predicted octanol–water partition coefficient (Wildman–Crippen LogP) is 5.91. The number of anilines is 2. The Morgan fingerprint density at radius 3 is 2.53 bits per heavy atom. The highest BCUT2D eigenvalue weighted by Crippen LogP contribution is 2.49. The lowest BCUT2D eigenvalue weighted by molar-refractivity contribution is 0.174. The Hall–Kier alpha value is -4.25. The Balaban J connectivity index is 1.60. The lowest BCUT2D eigenvalue weighted by Crippen LogP contribution is -2.22. The van der Waals surface area contributed by atoms with Gasteiger partial charge in [0.05, 0.1) is 11.3 Å². The number of fused-ring (bicyclic) bond motifs is 7. The Morgan fingerprint density at radius 2 is 1.59 bits per heavy atom. The smallest absolute Gasteiger partial charge is 0.342 e. The second-order valence-corrected chi connectivity index (χ2v) is 8.09. The Labute approximate surface area is 182 Å². The average molecular weight is 419 g/mol. The largest absolute Gasteiger partial charge is 0.454 e. The zero-order chi connectivity index (χ0) is 21.2. The van der Waals surface area contributed by atoms with Gasteiger partial charge in [-0.3, -0.25) is 0 Å². The molecule has 0 fully saturated rings. The highest BCUT2D eigenvalue weighted by molar-refractivity contribution is 6.00. The van der Waals surface area contributed by atoms with Crippen molar-refractivity contribution in [2.24, 2.45) is 0 Å². The van der Waals surface area contributed by atoms with Crippen molar-refractivity contribution in [1.29, 1.82) is 0 Å². The number of para-hydroxylation sites is 1. The van der Waals surface area contributed by atoms with Crippen LogP contribution in [0.25, 0.3) is 21.7 Å². The third kappa shape index (κ3) is 2.36. The van der Waals surface area contributed by atoms with Crippen molar-refractivity contribution in [2.75, 3.05) is 12.1 Å². The van der Waals surface area contributed by atoms with E-state index in [1.807, 2.05) is 54.6 Å². The summed E-state index contributed by atoms with van der Waals surface area (Å²) in [7, 11) is 0. The molecule has 154 valence electrons. The second kappa shape index (κ2) is 6.37. The summed E-state index contributed by atoms with van der Waals surface area (Å²) in [6.45, 7) is 0.202. The van der Waals surface area contributed by atoms with E-state index in [9.17, 15) is 4.79 Å². The maximum absolute atomic E-state index is 13.4. The first kappa shape index (κ1) is 17.4. The summed E-state index contributed by atoms with van der Waals surface area (Å²) in [5.41, 5.74) is 4.61. The van der Waals surface area contributed by atoms with Gasteiger partial charge in [-0.15, -0.1) is 0 Å². The molecule has 4 aromatic carbocycles. The first-order valence-corrected chi connectivity index (χ1v) is 10.5. The zero-order valence-corrected chi connectivity index (χ0v) is 16.9. The molecule has 5 aromatic rings. The van der Waals surface area contributed by atoms with Gasteiger partial charge >= 0.3 is 5.63 Å². The van der Waals surface area contributed by atoms with E-state index < -0.39 is 0 Å². The molecule has 1 aromatic heterocycles. The molecule has 1 N–H and O–H groups in total. The van der Waals surface area contributed by atoms with E-state index >= 15 is 0 Å². The lowest BCUT2D eigenvalue weighted by Gasteiger charge is -2.30. The molecule has 3 heterocycles. The third-order valence-corrected chi connectivity index (χ3v) is 6.39. The fourth-order valence-corrected chi connectivity index (χ4v) is 4.98. The molecule has 0 spiro atoms. The van der Waals surface area contributed by atoms with Crippen LogP contribution in [-0.4, -0.2) is 6.79 Å². The Kier molecular flexibility index (Phi) is 3.47. The van der Waals surface area contributed by atoms with Crippen LogP contribution in [0, 0.1) is 0 Å². The van der Waals surface area contributed by atoms with Crippen molar-refractivity contribution in [1.82, 2.24) is 0 Å². The second-order valence-electron chi connectivity index (χ2n) is 8.09. The van der Waals surface area contributed by atoms with E-state index in [0.717, 1.165) is 38.7 Å². The van der Waals surface area contributed by atoms with Crippen molar-refractivity contribution in [3.8, 4) is 11.5 Å². The topological polar surface area (TPSA) is 60.7 Å². The minimum atomic E-state index is -0.340. The molecule has 2 aliphatic rings. The van der Waals surface area contributed by atoms with Gasteiger partial charge in [0.1, 0.15) is 5.58 Å². The third-order valence-electron chi connectivity index (χ3n) is 6.39. The van der Waals surface area contributed by atoms with Gasteiger partial charge in [0.25, 0.3) is 0 Å². The van der Waals surface area contributed by atoms with Crippen molar-refractivity contribution in [3.63, 3.8) is 0 Å². The summed E-state index contributed by atoms with van der Waals surface area (Å²) in [5, 5.41) is 6.65. The van der Waals surface area contributed by atoms with Crippen molar-refractivity contribution in [2.45, 2.75) is 5.92 Å². The van der Waals surface area contributed by atoms with Gasteiger partial charge in [0.2, 0.25) is 6.79 Å². The molecule has 7 rings (SSSR count). The average Bonchev–Trinajstić information content (AvgIpc) is 3.31. The molecule has 5 nitrogen and oxygen atoms in total. The number of hydrogen-bond donors (Lipinski definition) is 1. The Morgan fingerprint density at radius 1 is 0.781 bits per heavy atom. The van der Waals surface area contributed by atoms with Crippen LogP contribution >= 0.6 is 0 Å². The van der Waals surface area contributed by atoms with Crippen LogP contribution in [0.15, 0.2) is 88.1 Å². The van der Waals surface area contributed by atoms with E-state index in [0.29, 0.717) is 22.6 Å². The molecule has 5 heteroatoms. The Bertz CT molecular complexity index is 1620. The van der Waals surface area contributed by atoms with Gasteiger partial charge in [0, 0.05) is 17.0 Å². The standard InChI is InChI=1S/C27H17NO4/c29-27-25-23(16-10-12-21-22(13-16)31-14-30-21)24-17-6-2-1-5-15(17)9-11-19(24)28-26(25)18-7-3-4-8-20(18)32-27/h1-13,23,28H,14H2. The number of benzene rings is 4. The molecule has 0 radical (unpaired) electrons. The molecule has 1 unspecified atom stereocenters. The lowest BCUT2D eigenvalue weighted by atomic mass is 9.79. The van der Waals surface area contributed by atoms with Crippen LogP contribution in [0.3, 0.4) is 0 Å². The van der Waals surface area contributed by atoms with Crippen LogP contribution in [0.2, 0.25) is 0 Å². The highest BCUT2D eigenvalue weighted by atomic mass is 16.7. The molecule has 32 heavy (non-hydrogen) atoms. The van der Waals surface area contributed by atoms with E-state index in [2.05, 4.69) is 29.6 Å². The molecule has 0 saturated heterocycles. The van der Waals surface area contributed by atoms with Crippen molar-refractivity contribution >= 4 is 33.1 Å². The molecule has 0 bridgehead atoms. The summed E-state index contributed by atoms with van der Waals surface area (Å²) >= 11 is 0. The van der Waals surface area contributed by atoms with E-state index in [1.165, 1.54) is 0 Å². The first-order valence-electron chi connectivity index (χ1n) is 10.5. The molecule has 0 aliphatic carbocycles. The molecule has 2 aliphatic heterocycles. The van der Waals surface area contributed by atoms with Gasteiger partial charge in [-0.05, 0) is 52.2 Å². The maximum atomic E-state index is 13.4. The molecule has 0 saturated carbocycles. The fraction of sp³-hybridized carbons (Fsp3) is 0.0741. The van der Waals surface area contributed by atoms with Crippen LogP contribution in [-0.2, 0) is 0 Å². The summed E-state index contributed by atoms with van der Waals surface area (Å²) in [5.74, 6) is 1.09. The van der Waals surface area contributed by atoms with Gasteiger partial charge in [-0.25, -0.2) is 4.79 Å². The van der Waals surface area contributed by atoms with Crippen molar-refractivity contribution in [3.05, 3.63) is 106 Å². The summed E-state index contributed by atoms with van der Waals surface area (Å²) in [6.07, 6.45) is 0. The SMILES string of the molecule is O=c1oc2ccccc2c2c1C(c1ccc3c(c1)OCO3)c1c(ccc3ccccc13)N2. The molecular formula is C27H17NO4. The fourth-order valence-electron chi connectivity index (χ4n) is 4.98. The van der Waals surface area contributed by atoms with Gasteiger partial charge in [-0.1, -0.05) is 48.5 Å². The van der Waals surface area contributed by atoms with Crippen LogP contribution < -0.4 is 20.4 Å². The van der Waals surface area contributed by atoms with Gasteiger partial charge in [-0.2, -0.15) is 0 Å². The zero-order valence-electron chi connectivity index (χ0n) is 16.9. The van der Waals surface area contributed by atoms with Crippen LogP contribution in [0.1, 0.15) is 22.6 Å². The molecule has 1 atom stereocenters. The van der Waals surface area contributed by atoms with E-state index in [1.54, 1.807) is 0 Å². The number of rotatable bonds is 1. The van der Waals surface area contributed by atoms with Gasteiger partial charge < -0.3 is 19.2 Å². The normalized spacial score (nSPS) is 15.9. The number of nitrogens with one attached hydrogen (secondary N) is 1. The minimum absolute atomic E-state index is 0.202. The molecule has 0 amide bonds. The minimum Gasteiger partial charge on any atom is -0.454 e. The first-order chi connectivity index (χ1) is 15.8. The highest BCUT2D eigenvalue weighted by Gasteiger charge is 2.34. The maximum Gasteiger partial charge on any atom is 0.342 e. The quantitative estimate of drug-likeness (QED) is 0.336. The number of hydrogen-bond acceptors (Lipinski definition) is 5. The number of ether oxygens (including phenoxy) is 2. The van der Waals surface area contributed by atoms with E-state index in [-0.39, 0.29) is 18.3 Å². The van der Waals surface area contributed by atoms with Gasteiger partial charge in [0.15, 0.2) is 11.5 Å². The summed E-state index contributed by atoms with van der Waals surface area (Å²) in [6, 6.07) is 26.0. The summed E-state index contributed by atoms with van der Waals surface area (Å²) in [4.78, 5) is 13.4. The van der Waals surface area contributed by atoms with E-state index in [4.69, 9.17) is 13.9 Å². The molecular weight excluding hydrogens is 402 g/mol.